The standard InChI is InChI=1S/C31H34N4O5S/c1-7-19-9-13-22(14-10-19)32-30(36)27(8-2)41-31-33-28(20-11-15-23(37-3)25(17-20)39-5)29(34-35-31)21-12-16-24(38-4)26(18-21)40-6/h9-18,27H,7-8H2,1-6H3,(H,32,36)/t27-/m1/s1. The maximum Gasteiger partial charge on any atom is 0.237 e. The molecule has 4 rings (SSSR count). The number of carbonyl (C=O) groups excluding carboxylic acids is 1. The zero-order chi connectivity index (χ0) is 29.4. The van der Waals surface area contributed by atoms with Gasteiger partial charge in [-0.15, -0.1) is 10.2 Å². The van der Waals surface area contributed by atoms with Crippen LogP contribution in [0.5, 0.6) is 23.0 Å². The van der Waals surface area contributed by atoms with E-state index in [1.165, 1.54) is 17.3 Å². The number of rotatable bonds is 12. The van der Waals surface area contributed by atoms with Crippen LogP contribution in [0.1, 0.15) is 25.8 Å². The highest BCUT2D eigenvalue weighted by atomic mass is 32.2. The molecule has 1 N–H and O–H groups in total. The van der Waals surface area contributed by atoms with Gasteiger partial charge in [-0.1, -0.05) is 37.7 Å². The first-order valence-corrected chi connectivity index (χ1v) is 14.1. The van der Waals surface area contributed by atoms with Crippen molar-refractivity contribution < 1.29 is 23.7 Å². The molecular formula is C31H34N4O5S. The Balaban J connectivity index is 1.72. The van der Waals surface area contributed by atoms with Crippen LogP contribution in [-0.4, -0.2) is 54.8 Å². The molecule has 0 spiro atoms. The fraction of sp³-hybridized carbons (Fsp3) is 0.290. The number of aryl methyl sites for hydroxylation is 1. The zero-order valence-electron chi connectivity index (χ0n) is 24.1. The second-order valence-electron chi connectivity index (χ2n) is 8.99. The minimum absolute atomic E-state index is 0.123. The van der Waals surface area contributed by atoms with Crippen molar-refractivity contribution in [3.8, 4) is 45.5 Å². The molecule has 9 nitrogen and oxygen atoms in total. The Bertz CT molecular complexity index is 1500. The predicted octanol–water partition coefficient (Wildman–Crippen LogP) is 6.31. The van der Waals surface area contributed by atoms with Gasteiger partial charge >= 0.3 is 0 Å². The molecule has 1 heterocycles. The van der Waals surface area contributed by atoms with E-state index in [0.29, 0.717) is 46.0 Å². The third kappa shape index (κ3) is 6.89. The van der Waals surface area contributed by atoms with Crippen LogP contribution >= 0.6 is 11.8 Å². The first kappa shape index (κ1) is 29.7. The summed E-state index contributed by atoms with van der Waals surface area (Å²) in [5, 5.41) is 11.9. The topological polar surface area (TPSA) is 105 Å². The lowest BCUT2D eigenvalue weighted by molar-refractivity contribution is -0.115. The van der Waals surface area contributed by atoms with Gasteiger partial charge < -0.3 is 24.3 Å². The van der Waals surface area contributed by atoms with Crippen LogP contribution in [0, 0.1) is 0 Å². The zero-order valence-corrected chi connectivity index (χ0v) is 24.9. The normalized spacial score (nSPS) is 11.5. The van der Waals surface area contributed by atoms with E-state index >= 15 is 0 Å². The molecule has 1 aromatic heterocycles. The number of hydrogen-bond acceptors (Lipinski definition) is 9. The van der Waals surface area contributed by atoms with E-state index in [-0.39, 0.29) is 5.91 Å². The van der Waals surface area contributed by atoms with Crippen LogP contribution in [-0.2, 0) is 11.2 Å². The maximum atomic E-state index is 13.2. The Labute approximate surface area is 244 Å². The lowest BCUT2D eigenvalue weighted by Crippen LogP contribution is -2.25. The van der Waals surface area contributed by atoms with Gasteiger partial charge in [0.05, 0.1) is 33.7 Å². The van der Waals surface area contributed by atoms with E-state index in [2.05, 4.69) is 22.4 Å². The van der Waals surface area contributed by atoms with Gasteiger partial charge in [-0.3, -0.25) is 4.79 Å². The number of ether oxygens (including phenoxy) is 4. The van der Waals surface area contributed by atoms with E-state index in [1.807, 2.05) is 61.5 Å². The summed E-state index contributed by atoms with van der Waals surface area (Å²) in [6, 6.07) is 18.9. The fourth-order valence-electron chi connectivity index (χ4n) is 4.22. The minimum Gasteiger partial charge on any atom is -0.493 e. The molecule has 0 aliphatic rings. The maximum absolute atomic E-state index is 13.2. The molecule has 0 unspecified atom stereocenters. The first-order valence-electron chi connectivity index (χ1n) is 13.2. The number of nitrogens with one attached hydrogen (secondary N) is 1. The number of aromatic nitrogens is 3. The summed E-state index contributed by atoms with van der Waals surface area (Å²) < 4.78 is 21.9. The summed E-state index contributed by atoms with van der Waals surface area (Å²) in [7, 11) is 6.33. The Kier molecular flexibility index (Phi) is 10.0. The molecule has 214 valence electrons. The number of hydrogen-bond donors (Lipinski definition) is 1. The highest BCUT2D eigenvalue weighted by Crippen LogP contribution is 2.38. The van der Waals surface area contributed by atoms with E-state index in [0.717, 1.165) is 23.2 Å². The van der Waals surface area contributed by atoms with Crippen molar-refractivity contribution in [1.82, 2.24) is 15.2 Å². The third-order valence-corrected chi connectivity index (χ3v) is 7.74. The molecule has 0 bridgehead atoms. The van der Waals surface area contributed by atoms with Crippen molar-refractivity contribution in [2.75, 3.05) is 33.8 Å². The number of nitrogens with zero attached hydrogens (tertiary/aromatic N) is 3. The largest absolute Gasteiger partial charge is 0.493 e. The Hall–Kier alpha value is -4.31. The van der Waals surface area contributed by atoms with Gasteiger partial charge in [0.25, 0.3) is 0 Å². The smallest absolute Gasteiger partial charge is 0.237 e. The SMILES string of the molecule is CCc1ccc(NC(=O)[C@@H](CC)Sc2nnc(-c3ccc(OC)c(OC)c3)c(-c3ccc(OC)c(OC)c3)n2)cc1. The minimum atomic E-state index is -0.423. The molecule has 4 aromatic rings. The van der Waals surface area contributed by atoms with Crippen molar-refractivity contribution in [2.45, 2.75) is 37.1 Å². The van der Waals surface area contributed by atoms with Crippen LogP contribution in [0.2, 0.25) is 0 Å². The van der Waals surface area contributed by atoms with Gasteiger partial charge in [0.1, 0.15) is 11.4 Å². The molecule has 0 aliphatic heterocycles. The van der Waals surface area contributed by atoms with Crippen LogP contribution in [0.25, 0.3) is 22.5 Å². The summed E-state index contributed by atoms with van der Waals surface area (Å²) in [6.07, 6.45) is 1.52. The van der Waals surface area contributed by atoms with Gasteiger partial charge in [-0.05, 0) is 66.9 Å². The van der Waals surface area contributed by atoms with Crippen molar-refractivity contribution in [3.05, 3.63) is 66.2 Å². The number of thioether (sulfide) groups is 1. The molecule has 41 heavy (non-hydrogen) atoms. The molecular weight excluding hydrogens is 540 g/mol. The van der Waals surface area contributed by atoms with Crippen molar-refractivity contribution >= 4 is 23.4 Å². The Morgan fingerprint density at radius 1 is 0.756 bits per heavy atom. The van der Waals surface area contributed by atoms with Crippen LogP contribution in [0.4, 0.5) is 5.69 Å². The van der Waals surface area contributed by atoms with E-state index in [9.17, 15) is 4.79 Å². The number of anilines is 1. The molecule has 0 aliphatic carbocycles. The summed E-state index contributed by atoms with van der Waals surface area (Å²) in [5.74, 6) is 2.17. The lowest BCUT2D eigenvalue weighted by Gasteiger charge is -2.16. The number of benzene rings is 3. The lowest BCUT2D eigenvalue weighted by atomic mass is 10.0. The molecule has 0 saturated carbocycles. The second-order valence-corrected chi connectivity index (χ2v) is 10.2. The molecule has 1 amide bonds. The highest BCUT2D eigenvalue weighted by molar-refractivity contribution is 8.00. The van der Waals surface area contributed by atoms with Crippen LogP contribution in [0.3, 0.4) is 0 Å². The van der Waals surface area contributed by atoms with E-state index < -0.39 is 5.25 Å². The highest BCUT2D eigenvalue weighted by Gasteiger charge is 2.23. The predicted molar refractivity (Wildman–Crippen MR) is 161 cm³/mol. The molecule has 10 heteroatoms. The third-order valence-electron chi connectivity index (χ3n) is 6.52. The van der Waals surface area contributed by atoms with Gasteiger partial charge in [0.15, 0.2) is 23.0 Å². The molecule has 0 radical (unpaired) electrons. The summed E-state index contributed by atoms with van der Waals surface area (Å²) in [6.45, 7) is 4.05. The first-order chi connectivity index (χ1) is 19.9. The monoisotopic (exact) mass is 574 g/mol. The van der Waals surface area contributed by atoms with Gasteiger partial charge in [0.2, 0.25) is 11.1 Å². The molecule has 0 fully saturated rings. The molecule has 3 aromatic carbocycles. The summed E-state index contributed by atoms with van der Waals surface area (Å²) in [4.78, 5) is 18.1. The average molecular weight is 575 g/mol. The summed E-state index contributed by atoms with van der Waals surface area (Å²) in [5.41, 5.74) is 4.56. The second kappa shape index (κ2) is 13.8. The number of amides is 1. The number of methoxy groups -OCH3 is 4. The van der Waals surface area contributed by atoms with Crippen molar-refractivity contribution in [3.63, 3.8) is 0 Å². The molecule has 0 saturated heterocycles. The molecule has 1 atom stereocenters. The van der Waals surface area contributed by atoms with E-state index in [4.69, 9.17) is 23.9 Å². The van der Waals surface area contributed by atoms with Crippen molar-refractivity contribution in [2.24, 2.45) is 0 Å². The van der Waals surface area contributed by atoms with Gasteiger partial charge in [0, 0.05) is 16.8 Å². The van der Waals surface area contributed by atoms with Gasteiger partial charge in [-0.25, -0.2) is 4.98 Å². The average Bonchev–Trinajstić information content (AvgIpc) is 3.03. The van der Waals surface area contributed by atoms with E-state index in [1.54, 1.807) is 34.5 Å². The quantitative estimate of drug-likeness (QED) is 0.195. The Morgan fingerprint density at radius 2 is 1.32 bits per heavy atom. The van der Waals surface area contributed by atoms with Gasteiger partial charge in [-0.2, -0.15) is 0 Å². The fourth-order valence-corrected chi connectivity index (χ4v) is 5.04. The number of carbonyl (C=O) groups is 1. The Morgan fingerprint density at radius 3 is 1.83 bits per heavy atom. The van der Waals surface area contributed by atoms with Crippen LogP contribution < -0.4 is 24.3 Å². The summed E-state index contributed by atoms with van der Waals surface area (Å²) >= 11 is 1.27. The van der Waals surface area contributed by atoms with Crippen LogP contribution in [0.15, 0.2) is 65.8 Å². The van der Waals surface area contributed by atoms with Crippen molar-refractivity contribution in [1.29, 1.82) is 0 Å².